The molecular weight excluding hydrogens is 606 g/mol. The quantitative estimate of drug-likeness (QED) is 0.138. The number of ether oxygens (including phenoxy) is 1. The molecule has 238 valence electrons. The van der Waals surface area contributed by atoms with Crippen LogP contribution in [0, 0.1) is 29.6 Å². The number of allylic oxidation sites excluding steroid dienone is 2. The Morgan fingerprint density at radius 3 is 1.85 bits per heavy atom. The lowest BCUT2D eigenvalue weighted by atomic mass is 9.57. The van der Waals surface area contributed by atoms with Crippen molar-refractivity contribution >= 4 is 60.2 Å². The number of methoxy groups -OCH3 is 1. The van der Waals surface area contributed by atoms with E-state index in [9.17, 15) is 44.4 Å². The maximum Gasteiger partial charge on any atom is 0.488 e. The van der Waals surface area contributed by atoms with Gasteiger partial charge in [0.25, 0.3) is 0 Å². The van der Waals surface area contributed by atoms with Crippen LogP contribution in [0.25, 0.3) is 0 Å². The van der Waals surface area contributed by atoms with Gasteiger partial charge in [-0.25, -0.2) is 0 Å². The number of anilines is 2. The molecule has 1 saturated carbocycles. The van der Waals surface area contributed by atoms with Gasteiger partial charge in [0.05, 0.1) is 42.2 Å². The molecule has 12 nitrogen and oxygen atoms in total. The van der Waals surface area contributed by atoms with Crippen molar-refractivity contribution in [1.29, 1.82) is 0 Å². The largest absolute Gasteiger partial charge is 0.508 e. The highest BCUT2D eigenvalue weighted by molar-refractivity contribution is 6.59. The van der Waals surface area contributed by atoms with Crippen LogP contribution in [0.1, 0.15) is 24.3 Å². The first-order valence-corrected chi connectivity index (χ1v) is 15.3. The number of benzene rings is 3. The average molecular weight is 636 g/mol. The molecular formula is C33H30B2N2O10. The summed E-state index contributed by atoms with van der Waals surface area (Å²) < 4.78 is 5.43. The number of nitrogens with zero attached hydrogens (tertiary/aromatic N) is 2. The Labute approximate surface area is 269 Å². The first-order valence-electron chi connectivity index (χ1n) is 15.3. The Hall–Kier alpha value is -4.75. The lowest BCUT2D eigenvalue weighted by molar-refractivity contribution is -0.126. The Bertz CT molecular complexity index is 1860. The second kappa shape index (κ2) is 11.5. The van der Waals surface area contributed by atoms with E-state index in [1.165, 1.54) is 61.7 Å². The first kappa shape index (κ1) is 30.9. The van der Waals surface area contributed by atoms with Gasteiger partial charge in [-0.1, -0.05) is 35.9 Å². The lowest BCUT2D eigenvalue weighted by Gasteiger charge is -2.44. The standard InChI is InChI=1S/C33H30B2N2O10/c1-47-20-8-11-26(38)24(14-20)27-21-9-10-22-28(32(41)36(30(22)39)18-6-2-4-16(12-18)34(43)44)23(21)15-25-29(27)33(42)37(31(25)40)19-7-3-5-17(13-19)35(45)46/h2-9,11-14,22-23,25,27-29,38,43-46H,10,15H2,1H3. The molecule has 2 saturated heterocycles. The van der Waals surface area contributed by atoms with E-state index in [-0.39, 0.29) is 40.9 Å². The van der Waals surface area contributed by atoms with Crippen LogP contribution in [-0.4, -0.2) is 70.2 Å². The molecule has 3 aromatic carbocycles. The van der Waals surface area contributed by atoms with Gasteiger partial charge >= 0.3 is 14.2 Å². The van der Waals surface area contributed by atoms with Crippen molar-refractivity contribution in [3.05, 3.63) is 83.9 Å². The number of imide groups is 2. The molecule has 47 heavy (non-hydrogen) atoms. The highest BCUT2D eigenvalue weighted by Gasteiger charge is 2.62. The third-order valence-corrected chi connectivity index (χ3v) is 10.1. The zero-order valence-electron chi connectivity index (χ0n) is 25.1. The SMILES string of the molecule is COc1ccc(O)c(C2C3=CCC4C(=O)N(c5cccc(B(O)O)c5)C(=O)C4C3CC3C(=O)N(c4cccc(B(O)O)c4)C(=O)C32)c1. The minimum atomic E-state index is -1.83. The van der Waals surface area contributed by atoms with Gasteiger partial charge < -0.3 is 29.9 Å². The van der Waals surface area contributed by atoms with Crippen molar-refractivity contribution in [2.75, 3.05) is 16.9 Å². The molecule has 6 atom stereocenters. The number of fused-ring (bicyclic) bond motifs is 4. The van der Waals surface area contributed by atoms with Crippen molar-refractivity contribution < 1.29 is 49.1 Å². The predicted molar refractivity (Wildman–Crippen MR) is 170 cm³/mol. The maximum absolute atomic E-state index is 14.3. The van der Waals surface area contributed by atoms with Gasteiger partial charge in [0.2, 0.25) is 23.6 Å². The first-order chi connectivity index (χ1) is 22.5. The van der Waals surface area contributed by atoms with Crippen LogP contribution in [0.5, 0.6) is 11.5 Å². The summed E-state index contributed by atoms with van der Waals surface area (Å²) >= 11 is 0. The van der Waals surface area contributed by atoms with E-state index < -0.39 is 73.4 Å². The topological polar surface area (TPSA) is 185 Å². The Balaban J connectivity index is 1.34. The normalized spacial score (nSPS) is 26.5. The highest BCUT2D eigenvalue weighted by atomic mass is 16.5. The van der Waals surface area contributed by atoms with Gasteiger partial charge in [-0.15, -0.1) is 0 Å². The molecule has 14 heteroatoms. The number of amides is 4. The van der Waals surface area contributed by atoms with Crippen molar-refractivity contribution in [3.8, 4) is 11.5 Å². The van der Waals surface area contributed by atoms with Gasteiger partial charge in [-0.3, -0.25) is 29.0 Å². The molecule has 3 fully saturated rings. The van der Waals surface area contributed by atoms with Gasteiger partial charge in [-0.2, -0.15) is 0 Å². The minimum absolute atomic E-state index is 0.0878. The van der Waals surface area contributed by atoms with Crippen LogP contribution < -0.4 is 25.5 Å². The predicted octanol–water partition coefficient (Wildman–Crippen LogP) is -0.194. The molecule has 0 bridgehead atoms. The molecule has 4 aliphatic rings. The number of rotatable bonds is 6. The Kier molecular flexibility index (Phi) is 7.55. The van der Waals surface area contributed by atoms with Crippen LogP contribution in [0.3, 0.4) is 0 Å². The smallest absolute Gasteiger partial charge is 0.488 e. The van der Waals surface area contributed by atoms with Crippen molar-refractivity contribution in [2.45, 2.75) is 18.8 Å². The molecule has 6 unspecified atom stereocenters. The zero-order chi connectivity index (χ0) is 33.3. The van der Waals surface area contributed by atoms with E-state index in [0.717, 1.165) is 9.80 Å². The van der Waals surface area contributed by atoms with Crippen LogP contribution in [0.15, 0.2) is 78.4 Å². The Morgan fingerprint density at radius 2 is 1.28 bits per heavy atom. The van der Waals surface area contributed by atoms with Crippen LogP contribution in [0.2, 0.25) is 0 Å². The number of carbonyl (C=O) groups excluding carboxylic acids is 4. The molecule has 2 aliphatic heterocycles. The van der Waals surface area contributed by atoms with Crippen molar-refractivity contribution in [2.24, 2.45) is 29.6 Å². The summed E-state index contributed by atoms with van der Waals surface area (Å²) in [4.78, 5) is 58.5. The van der Waals surface area contributed by atoms with Crippen molar-refractivity contribution in [1.82, 2.24) is 0 Å². The zero-order valence-corrected chi connectivity index (χ0v) is 25.1. The summed E-state index contributed by atoms with van der Waals surface area (Å²) in [5.74, 6) is -6.71. The fourth-order valence-corrected chi connectivity index (χ4v) is 8.00. The molecule has 2 aliphatic carbocycles. The minimum Gasteiger partial charge on any atom is -0.508 e. The number of phenolic OH excluding ortho intramolecular Hbond substituents is 1. The average Bonchev–Trinajstić information content (AvgIpc) is 3.47. The molecule has 5 N–H and O–H groups in total. The highest BCUT2D eigenvalue weighted by Crippen LogP contribution is 2.59. The molecule has 4 amide bonds. The molecule has 7 rings (SSSR count). The second-order valence-electron chi connectivity index (χ2n) is 12.4. The van der Waals surface area contributed by atoms with E-state index in [4.69, 9.17) is 4.74 Å². The van der Waals surface area contributed by atoms with E-state index in [1.54, 1.807) is 12.1 Å². The lowest BCUT2D eigenvalue weighted by Crippen LogP contribution is -2.43. The molecule has 0 radical (unpaired) electrons. The number of aromatic hydroxyl groups is 1. The third kappa shape index (κ3) is 4.78. The summed E-state index contributed by atoms with van der Waals surface area (Å²) in [6.07, 6.45) is 2.11. The van der Waals surface area contributed by atoms with Crippen LogP contribution in [-0.2, 0) is 19.2 Å². The summed E-state index contributed by atoms with van der Waals surface area (Å²) in [5, 5.41) is 50.1. The maximum atomic E-state index is 14.3. The summed E-state index contributed by atoms with van der Waals surface area (Å²) in [7, 11) is -2.17. The summed E-state index contributed by atoms with van der Waals surface area (Å²) in [5.41, 5.74) is 1.57. The number of carbonyl (C=O) groups is 4. The van der Waals surface area contributed by atoms with Gasteiger partial charge in [0.1, 0.15) is 11.5 Å². The fraction of sp³-hybridized carbons (Fsp3) is 0.273. The number of hydrogen-bond donors (Lipinski definition) is 5. The van der Waals surface area contributed by atoms with Crippen LogP contribution in [0.4, 0.5) is 11.4 Å². The van der Waals surface area contributed by atoms with E-state index in [2.05, 4.69) is 0 Å². The summed E-state index contributed by atoms with van der Waals surface area (Å²) in [6, 6.07) is 16.3. The molecule has 0 spiro atoms. The monoisotopic (exact) mass is 636 g/mol. The van der Waals surface area contributed by atoms with Gasteiger partial charge in [0.15, 0.2) is 0 Å². The van der Waals surface area contributed by atoms with E-state index >= 15 is 0 Å². The van der Waals surface area contributed by atoms with Crippen LogP contribution >= 0.6 is 0 Å². The summed E-state index contributed by atoms with van der Waals surface area (Å²) in [6.45, 7) is 0. The number of phenols is 1. The molecule has 2 heterocycles. The fourth-order valence-electron chi connectivity index (χ4n) is 8.00. The Morgan fingerprint density at radius 1 is 0.702 bits per heavy atom. The number of hydrogen-bond acceptors (Lipinski definition) is 10. The molecule has 0 aromatic heterocycles. The van der Waals surface area contributed by atoms with E-state index in [0.29, 0.717) is 16.9 Å². The van der Waals surface area contributed by atoms with Gasteiger partial charge in [-0.05, 0) is 72.1 Å². The van der Waals surface area contributed by atoms with Crippen molar-refractivity contribution in [3.63, 3.8) is 0 Å². The molecule has 3 aromatic rings. The van der Waals surface area contributed by atoms with E-state index in [1.807, 2.05) is 6.08 Å². The van der Waals surface area contributed by atoms with Gasteiger partial charge in [0, 0.05) is 11.5 Å². The third-order valence-electron chi connectivity index (χ3n) is 10.1. The second-order valence-corrected chi connectivity index (χ2v) is 12.4.